The third-order valence-electron chi connectivity index (χ3n) is 4.13. The number of aryl methyl sites for hydroxylation is 1. The molecule has 2 aliphatic rings. The van der Waals surface area contributed by atoms with E-state index >= 15 is 0 Å². The molecule has 0 saturated carbocycles. The Balaban J connectivity index is 1.83. The van der Waals surface area contributed by atoms with Gasteiger partial charge in [-0.05, 0) is 44.9 Å². The van der Waals surface area contributed by atoms with Crippen molar-refractivity contribution in [3.63, 3.8) is 0 Å². The minimum Gasteiger partial charge on any atom is -0.365 e. The van der Waals surface area contributed by atoms with Crippen LogP contribution in [0.1, 0.15) is 25.3 Å². The second kappa shape index (κ2) is 4.30. The van der Waals surface area contributed by atoms with Crippen molar-refractivity contribution in [1.82, 2.24) is 9.88 Å². The van der Waals surface area contributed by atoms with Crippen molar-refractivity contribution in [3.8, 4) is 0 Å². The zero-order valence-electron chi connectivity index (χ0n) is 10.8. The molecule has 2 aliphatic heterocycles. The molecule has 0 radical (unpaired) electrons. The Bertz CT molecular complexity index is 404. The van der Waals surface area contributed by atoms with Gasteiger partial charge in [0.25, 0.3) is 0 Å². The highest BCUT2D eigenvalue weighted by Gasteiger charge is 2.34. The first-order valence-electron chi connectivity index (χ1n) is 6.66. The molecule has 2 saturated heterocycles. The van der Waals surface area contributed by atoms with Crippen LogP contribution in [-0.2, 0) is 0 Å². The van der Waals surface area contributed by atoms with Gasteiger partial charge in [-0.1, -0.05) is 0 Å². The number of nitrogens with zero attached hydrogens (tertiary/aromatic N) is 3. The van der Waals surface area contributed by atoms with Crippen LogP contribution in [0.2, 0.25) is 0 Å². The van der Waals surface area contributed by atoms with Crippen LogP contribution >= 0.6 is 0 Å². The summed E-state index contributed by atoms with van der Waals surface area (Å²) in [6.45, 7) is 8.13. The average Bonchev–Trinajstić information content (AvgIpc) is 2.75. The summed E-state index contributed by atoms with van der Waals surface area (Å²) < 4.78 is 0. The number of hydrogen-bond donors (Lipinski definition) is 0. The zero-order valence-corrected chi connectivity index (χ0v) is 10.8. The largest absolute Gasteiger partial charge is 0.365 e. The fourth-order valence-corrected chi connectivity index (χ4v) is 3.24. The third kappa shape index (κ3) is 2.04. The molecule has 17 heavy (non-hydrogen) atoms. The van der Waals surface area contributed by atoms with Crippen LogP contribution in [0, 0.1) is 6.92 Å². The van der Waals surface area contributed by atoms with Crippen LogP contribution in [0.15, 0.2) is 18.5 Å². The summed E-state index contributed by atoms with van der Waals surface area (Å²) in [7, 11) is 0. The molecule has 0 aliphatic carbocycles. The van der Waals surface area contributed by atoms with E-state index in [1.807, 2.05) is 12.4 Å². The minimum atomic E-state index is 0.605. The molecular formula is C14H21N3. The van der Waals surface area contributed by atoms with Gasteiger partial charge < -0.3 is 4.90 Å². The summed E-state index contributed by atoms with van der Waals surface area (Å²) in [5, 5.41) is 0. The first-order chi connectivity index (χ1) is 8.24. The summed E-state index contributed by atoms with van der Waals surface area (Å²) in [6, 6.07) is 3.63. The maximum Gasteiger partial charge on any atom is 0.0558 e. The van der Waals surface area contributed by atoms with Gasteiger partial charge in [0.05, 0.1) is 11.9 Å². The van der Waals surface area contributed by atoms with Gasteiger partial charge in [-0.15, -0.1) is 0 Å². The minimum absolute atomic E-state index is 0.605. The van der Waals surface area contributed by atoms with Crippen molar-refractivity contribution in [2.75, 3.05) is 24.5 Å². The van der Waals surface area contributed by atoms with Crippen LogP contribution in [0.5, 0.6) is 0 Å². The zero-order chi connectivity index (χ0) is 11.8. The van der Waals surface area contributed by atoms with E-state index in [1.54, 1.807) is 0 Å². The molecule has 0 amide bonds. The van der Waals surface area contributed by atoms with Crippen LogP contribution < -0.4 is 4.90 Å². The van der Waals surface area contributed by atoms with Gasteiger partial charge >= 0.3 is 0 Å². The number of rotatable bonds is 1. The summed E-state index contributed by atoms with van der Waals surface area (Å²) in [4.78, 5) is 9.52. The number of anilines is 1. The molecule has 3 nitrogen and oxygen atoms in total. The van der Waals surface area contributed by atoms with Crippen LogP contribution in [0.25, 0.3) is 0 Å². The predicted molar refractivity (Wildman–Crippen MR) is 70.4 cm³/mol. The number of aromatic nitrogens is 1. The lowest BCUT2D eigenvalue weighted by atomic mass is 10.1. The quantitative estimate of drug-likeness (QED) is 0.737. The molecule has 92 valence electrons. The van der Waals surface area contributed by atoms with Gasteiger partial charge in [0, 0.05) is 31.4 Å². The van der Waals surface area contributed by atoms with Gasteiger partial charge in [0.15, 0.2) is 0 Å². The Morgan fingerprint density at radius 3 is 3.00 bits per heavy atom. The van der Waals surface area contributed by atoms with Crippen molar-refractivity contribution >= 4 is 5.69 Å². The van der Waals surface area contributed by atoms with E-state index in [0.717, 1.165) is 6.04 Å². The Labute approximate surface area is 103 Å². The third-order valence-corrected chi connectivity index (χ3v) is 4.13. The molecule has 2 unspecified atom stereocenters. The number of fused-ring (bicyclic) bond motifs is 1. The van der Waals surface area contributed by atoms with Gasteiger partial charge in [0.2, 0.25) is 0 Å². The van der Waals surface area contributed by atoms with Gasteiger partial charge in [-0.3, -0.25) is 9.88 Å². The van der Waals surface area contributed by atoms with Crippen LogP contribution in [0.4, 0.5) is 5.69 Å². The van der Waals surface area contributed by atoms with Crippen molar-refractivity contribution in [3.05, 3.63) is 24.0 Å². The SMILES string of the molecule is Cc1cncc(N2CC3CCCN3CC2C)c1. The van der Waals surface area contributed by atoms with E-state index in [-0.39, 0.29) is 0 Å². The van der Waals surface area contributed by atoms with Crippen LogP contribution in [-0.4, -0.2) is 41.6 Å². The molecule has 3 heterocycles. The highest BCUT2D eigenvalue weighted by molar-refractivity contribution is 5.47. The Morgan fingerprint density at radius 2 is 2.18 bits per heavy atom. The molecule has 1 aromatic rings. The molecular weight excluding hydrogens is 210 g/mol. The topological polar surface area (TPSA) is 19.4 Å². The lowest BCUT2D eigenvalue weighted by Crippen LogP contribution is -2.55. The standard InChI is InChI=1S/C14H21N3/c1-11-6-14(8-15-7-11)17-10-13-4-3-5-16(13)9-12(17)2/h6-8,12-13H,3-5,9-10H2,1-2H3. The Kier molecular flexibility index (Phi) is 2.79. The molecule has 1 aromatic heterocycles. The van der Waals surface area contributed by atoms with E-state index in [0.29, 0.717) is 6.04 Å². The Hall–Kier alpha value is -1.09. The molecule has 0 N–H and O–H groups in total. The lowest BCUT2D eigenvalue weighted by Gasteiger charge is -2.43. The second-order valence-corrected chi connectivity index (χ2v) is 5.51. The lowest BCUT2D eigenvalue weighted by molar-refractivity contribution is 0.203. The van der Waals surface area contributed by atoms with Crippen molar-refractivity contribution in [2.24, 2.45) is 0 Å². The van der Waals surface area contributed by atoms with Crippen molar-refractivity contribution in [2.45, 2.75) is 38.8 Å². The molecule has 3 rings (SSSR count). The van der Waals surface area contributed by atoms with E-state index in [1.165, 1.54) is 43.7 Å². The normalized spacial score (nSPS) is 29.4. The van der Waals surface area contributed by atoms with E-state index in [4.69, 9.17) is 0 Å². The van der Waals surface area contributed by atoms with Crippen molar-refractivity contribution < 1.29 is 0 Å². The first kappa shape index (κ1) is 11.0. The van der Waals surface area contributed by atoms with E-state index in [2.05, 4.69) is 34.7 Å². The van der Waals surface area contributed by atoms with Crippen molar-refractivity contribution in [1.29, 1.82) is 0 Å². The number of pyridine rings is 1. The number of hydrogen-bond acceptors (Lipinski definition) is 3. The average molecular weight is 231 g/mol. The summed E-state index contributed by atoms with van der Waals surface area (Å²) in [5.74, 6) is 0. The molecule has 2 atom stereocenters. The molecule has 3 heteroatoms. The van der Waals surface area contributed by atoms with Gasteiger partial charge in [-0.25, -0.2) is 0 Å². The molecule has 0 spiro atoms. The molecule has 0 aromatic carbocycles. The summed E-state index contributed by atoms with van der Waals surface area (Å²) in [6.07, 6.45) is 6.67. The maximum absolute atomic E-state index is 4.32. The summed E-state index contributed by atoms with van der Waals surface area (Å²) in [5.41, 5.74) is 2.55. The monoisotopic (exact) mass is 231 g/mol. The predicted octanol–water partition coefficient (Wildman–Crippen LogP) is 2.06. The fraction of sp³-hybridized carbons (Fsp3) is 0.643. The highest BCUT2D eigenvalue weighted by Crippen LogP contribution is 2.28. The summed E-state index contributed by atoms with van der Waals surface area (Å²) >= 11 is 0. The van der Waals surface area contributed by atoms with Gasteiger partial charge in [0.1, 0.15) is 0 Å². The Morgan fingerprint density at radius 1 is 1.29 bits per heavy atom. The second-order valence-electron chi connectivity index (χ2n) is 5.51. The number of piperazine rings is 1. The highest BCUT2D eigenvalue weighted by atomic mass is 15.3. The van der Waals surface area contributed by atoms with Crippen LogP contribution in [0.3, 0.4) is 0 Å². The van der Waals surface area contributed by atoms with E-state index < -0.39 is 0 Å². The molecule has 2 fully saturated rings. The maximum atomic E-state index is 4.32. The van der Waals surface area contributed by atoms with Gasteiger partial charge in [-0.2, -0.15) is 0 Å². The van der Waals surface area contributed by atoms with E-state index in [9.17, 15) is 0 Å². The smallest absolute Gasteiger partial charge is 0.0558 e. The first-order valence-corrected chi connectivity index (χ1v) is 6.66. The molecule has 0 bridgehead atoms. The fourth-order valence-electron chi connectivity index (χ4n) is 3.24.